The van der Waals surface area contributed by atoms with Crippen LogP contribution >= 0.6 is 11.3 Å². The van der Waals surface area contributed by atoms with Crippen molar-refractivity contribution in [2.45, 2.75) is 84.5 Å². The van der Waals surface area contributed by atoms with Crippen molar-refractivity contribution in [2.24, 2.45) is 0 Å². The summed E-state index contributed by atoms with van der Waals surface area (Å²) < 4.78 is 5.65. The number of rotatable bonds is 13. The molecule has 0 unspecified atom stereocenters. The van der Waals surface area contributed by atoms with Crippen LogP contribution in [0, 0.1) is 0 Å². The fourth-order valence-electron chi connectivity index (χ4n) is 3.67. The lowest BCUT2D eigenvalue weighted by Crippen LogP contribution is -1.86. The second-order valence-corrected chi connectivity index (χ2v) is 9.18. The molecule has 0 amide bonds. The molecule has 0 bridgehead atoms. The van der Waals surface area contributed by atoms with E-state index in [0.717, 1.165) is 17.0 Å². The first-order valence-corrected chi connectivity index (χ1v) is 12.3. The minimum Gasteiger partial charge on any atom is -0.356 e. The molecule has 0 aliphatic carbocycles. The fourth-order valence-corrected chi connectivity index (χ4v) is 4.67. The molecule has 0 saturated heterocycles. The van der Waals surface area contributed by atoms with Crippen LogP contribution in [0.2, 0.25) is 0 Å². The molecule has 0 radical (unpaired) electrons. The maximum Gasteiger partial charge on any atom is 0.167 e. The van der Waals surface area contributed by atoms with Crippen molar-refractivity contribution in [1.29, 1.82) is 0 Å². The van der Waals surface area contributed by atoms with Gasteiger partial charge in [0, 0.05) is 16.5 Å². The van der Waals surface area contributed by atoms with Crippen LogP contribution in [0.15, 0.2) is 47.0 Å². The van der Waals surface area contributed by atoms with E-state index in [1.54, 1.807) is 0 Å². The molecule has 3 aromatic rings. The molecule has 0 saturated carbocycles. The maximum atomic E-state index is 5.65. The van der Waals surface area contributed by atoms with E-state index in [1.165, 1.54) is 85.9 Å². The van der Waals surface area contributed by atoms with Crippen molar-refractivity contribution in [3.8, 4) is 21.9 Å². The third-order valence-electron chi connectivity index (χ3n) is 5.51. The van der Waals surface area contributed by atoms with Crippen molar-refractivity contribution >= 4 is 11.3 Å². The van der Waals surface area contributed by atoms with Gasteiger partial charge in [0.15, 0.2) is 5.76 Å². The topological polar surface area (TPSA) is 26.0 Å². The highest BCUT2D eigenvalue weighted by molar-refractivity contribution is 7.15. The summed E-state index contributed by atoms with van der Waals surface area (Å²) in [6, 6.07) is 15.3. The van der Waals surface area contributed by atoms with Crippen molar-refractivity contribution in [3.05, 3.63) is 52.9 Å². The van der Waals surface area contributed by atoms with Gasteiger partial charge in [-0.05, 0) is 43.4 Å². The first-order valence-electron chi connectivity index (χ1n) is 11.4. The number of aryl methyl sites for hydroxylation is 2. The van der Waals surface area contributed by atoms with Gasteiger partial charge in [-0.25, -0.2) is 0 Å². The summed E-state index contributed by atoms with van der Waals surface area (Å²) in [5.74, 6) is 0.854. The zero-order chi connectivity index (χ0) is 20.3. The van der Waals surface area contributed by atoms with Gasteiger partial charge in [0.2, 0.25) is 0 Å². The van der Waals surface area contributed by atoms with E-state index >= 15 is 0 Å². The molecule has 0 aliphatic rings. The summed E-state index contributed by atoms with van der Waals surface area (Å²) in [5.41, 5.74) is 3.47. The van der Waals surface area contributed by atoms with Gasteiger partial charge in [0.05, 0.1) is 4.88 Å². The Balaban J connectivity index is 1.52. The van der Waals surface area contributed by atoms with Gasteiger partial charge in [-0.15, -0.1) is 11.3 Å². The Morgan fingerprint density at radius 2 is 1.45 bits per heavy atom. The summed E-state index contributed by atoms with van der Waals surface area (Å²) in [6.45, 7) is 4.52. The lowest BCUT2D eigenvalue weighted by atomic mass is 10.0. The highest BCUT2D eigenvalue weighted by atomic mass is 32.1. The normalized spacial score (nSPS) is 11.2. The monoisotopic (exact) mass is 409 g/mol. The predicted octanol–water partition coefficient (Wildman–Crippen LogP) is 8.71. The van der Waals surface area contributed by atoms with Crippen LogP contribution in [0.4, 0.5) is 0 Å². The number of aromatic nitrogens is 1. The Bertz CT molecular complexity index is 831. The number of thiophene rings is 1. The van der Waals surface area contributed by atoms with Crippen molar-refractivity contribution in [1.82, 2.24) is 5.16 Å². The third-order valence-corrected chi connectivity index (χ3v) is 6.68. The van der Waals surface area contributed by atoms with Crippen LogP contribution in [0.1, 0.15) is 82.1 Å². The summed E-state index contributed by atoms with van der Waals surface area (Å²) >= 11 is 1.84. The SMILES string of the molecule is CCCCCCCCc1ccc(-c2cc(-c3ccc(CCCCC)s3)no2)cc1. The number of benzene rings is 1. The highest BCUT2D eigenvalue weighted by Gasteiger charge is 2.11. The van der Waals surface area contributed by atoms with E-state index < -0.39 is 0 Å². The second kappa shape index (κ2) is 12.0. The Hall–Kier alpha value is -1.87. The Morgan fingerprint density at radius 3 is 2.24 bits per heavy atom. The summed E-state index contributed by atoms with van der Waals surface area (Å²) in [5, 5.41) is 4.32. The van der Waals surface area contributed by atoms with Gasteiger partial charge in [0.25, 0.3) is 0 Å². The summed E-state index contributed by atoms with van der Waals surface area (Å²) in [6.07, 6.45) is 14.3. The van der Waals surface area contributed by atoms with Crippen LogP contribution in [-0.4, -0.2) is 5.16 Å². The Kier molecular flexibility index (Phi) is 9.01. The quantitative estimate of drug-likeness (QED) is 0.264. The summed E-state index contributed by atoms with van der Waals surface area (Å²) in [4.78, 5) is 2.64. The molecule has 2 heterocycles. The van der Waals surface area contributed by atoms with Crippen LogP contribution in [0.3, 0.4) is 0 Å². The average Bonchev–Trinajstić information content (AvgIpc) is 3.41. The standard InChI is InChI=1S/C26H35NOS/c1-3-5-7-8-9-11-12-21-14-16-22(17-15-21)25-20-24(27-28-25)26-19-18-23(29-26)13-10-6-4-2/h14-20H,3-13H2,1-2H3. The molecular weight excluding hydrogens is 374 g/mol. The molecule has 0 N–H and O–H groups in total. The minimum absolute atomic E-state index is 0.854. The third kappa shape index (κ3) is 6.85. The highest BCUT2D eigenvalue weighted by Crippen LogP contribution is 2.31. The lowest BCUT2D eigenvalue weighted by molar-refractivity contribution is 0.435. The van der Waals surface area contributed by atoms with E-state index in [0.29, 0.717) is 0 Å². The van der Waals surface area contributed by atoms with Gasteiger partial charge < -0.3 is 4.52 Å². The first kappa shape index (κ1) is 21.8. The van der Waals surface area contributed by atoms with Gasteiger partial charge >= 0.3 is 0 Å². The zero-order valence-corrected chi connectivity index (χ0v) is 18.9. The van der Waals surface area contributed by atoms with E-state index in [9.17, 15) is 0 Å². The van der Waals surface area contributed by atoms with Crippen molar-refractivity contribution in [2.75, 3.05) is 0 Å². The molecule has 156 valence electrons. The first-order chi connectivity index (χ1) is 14.3. The molecule has 0 atom stereocenters. The zero-order valence-electron chi connectivity index (χ0n) is 18.1. The van der Waals surface area contributed by atoms with Crippen LogP contribution in [-0.2, 0) is 12.8 Å². The lowest BCUT2D eigenvalue weighted by Gasteiger charge is -2.03. The molecule has 2 aromatic heterocycles. The molecule has 0 spiro atoms. The largest absolute Gasteiger partial charge is 0.356 e. The minimum atomic E-state index is 0.854. The van der Waals surface area contributed by atoms with Crippen molar-refractivity contribution < 1.29 is 4.52 Å². The average molecular weight is 410 g/mol. The Labute approximate surface area is 180 Å². The maximum absolute atomic E-state index is 5.65. The van der Waals surface area contributed by atoms with Gasteiger partial charge in [-0.1, -0.05) is 88.2 Å². The molecule has 29 heavy (non-hydrogen) atoms. The molecule has 1 aromatic carbocycles. The molecule has 0 aliphatic heterocycles. The molecule has 3 heteroatoms. The van der Waals surface area contributed by atoms with E-state index in [2.05, 4.69) is 61.5 Å². The van der Waals surface area contributed by atoms with Crippen LogP contribution in [0.5, 0.6) is 0 Å². The van der Waals surface area contributed by atoms with Crippen LogP contribution < -0.4 is 0 Å². The predicted molar refractivity (Wildman–Crippen MR) is 126 cm³/mol. The van der Waals surface area contributed by atoms with E-state index in [1.807, 2.05) is 11.3 Å². The molecular formula is C26H35NOS. The van der Waals surface area contributed by atoms with E-state index in [4.69, 9.17) is 4.52 Å². The van der Waals surface area contributed by atoms with Gasteiger partial charge in [-0.3, -0.25) is 0 Å². The molecule has 3 rings (SSSR count). The number of unbranched alkanes of at least 4 members (excludes halogenated alkanes) is 7. The summed E-state index contributed by atoms with van der Waals surface area (Å²) in [7, 11) is 0. The Morgan fingerprint density at radius 1 is 0.759 bits per heavy atom. The van der Waals surface area contributed by atoms with Gasteiger partial charge in [0.1, 0.15) is 5.69 Å². The van der Waals surface area contributed by atoms with Gasteiger partial charge in [-0.2, -0.15) is 0 Å². The smallest absolute Gasteiger partial charge is 0.167 e. The van der Waals surface area contributed by atoms with Crippen LogP contribution in [0.25, 0.3) is 21.9 Å². The second-order valence-electron chi connectivity index (χ2n) is 8.01. The number of hydrogen-bond donors (Lipinski definition) is 0. The molecule has 2 nitrogen and oxygen atoms in total. The number of nitrogens with zero attached hydrogens (tertiary/aromatic N) is 1. The molecule has 0 fully saturated rings. The van der Waals surface area contributed by atoms with E-state index in [-0.39, 0.29) is 0 Å². The van der Waals surface area contributed by atoms with Crippen molar-refractivity contribution in [3.63, 3.8) is 0 Å². The fraction of sp³-hybridized carbons (Fsp3) is 0.500. The number of hydrogen-bond acceptors (Lipinski definition) is 3.